The predicted molar refractivity (Wildman–Crippen MR) is 49.6 cm³/mol. The van der Waals surface area contributed by atoms with Gasteiger partial charge in [0.15, 0.2) is 5.78 Å². The Morgan fingerprint density at radius 2 is 2.42 bits per heavy atom. The summed E-state index contributed by atoms with van der Waals surface area (Å²) >= 11 is 1.39. The van der Waals surface area contributed by atoms with E-state index in [0.29, 0.717) is 11.3 Å². The fraction of sp³-hybridized carbons (Fsp3) is 0.444. The zero-order valence-electron chi connectivity index (χ0n) is 7.20. The Kier molecular flexibility index (Phi) is 3.00. The highest BCUT2D eigenvalue weighted by atomic mass is 32.1. The van der Waals surface area contributed by atoms with Crippen molar-refractivity contribution >= 4 is 17.1 Å². The zero-order valence-corrected chi connectivity index (χ0v) is 8.02. The molecule has 0 spiro atoms. The molecule has 0 saturated carbocycles. The van der Waals surface area contributed by atoms with Gasteiger partial charge in [0.25, 0.3) is 0 Å². The van der Waals surface area contributed by atoms with Crippen LogP contribution in [0, 0.1) is 0 Å². The lowest BCUT2D eigenvalue weighted by Gasteiger charge is -2.06. The Labute approximate surface area is 75.9 Å². The smallest absolute Gasteiger partial charge is 0.170 e. The molecule has 0 fully saturated rings. The molecule has 66 valence electrons. The largest absolute Gasteiger partial charge is 0.388 e. The van der Waals surface area contributed by atoms with Crippen LogP contribution in [0.4, 0.5) is 0 Å². The number of carbonyl (C=O) groups excluding carboxylic acids is 1. The second-order valence-corrected chi connectivity index (χ2v) is 3.60. The minimum atomic E-state index is -0.491. The fourth-order valence-electron chi connectivity index (χ4n) is 1.09. The van der Waals surface area contributed by atoms with Gasteiger partial charge in [-0.3, -0.25) is 4.79 Å². The summed E-state index contributed by atoms with van der Waals surface area (Å²) in [5.41, 5.74) is 0.773. The van der Waals surface area contributed by atoms with Crippen LogP contribution in [0.25, 0.3) is 0 Å². The molecule has 1 heterocycles. The summed E-state index contributed by atoms with van der Waals surface area (Å²) in [6.07, 6.45) is 0.159. The van der Waals surface area contributed by atoms with Gasteiger partial charge < -0.3 is 5.11 Å². The van der Waals surface area contributed by atoms with Crippen molar-refractivity contribution in [2.75, 3.05) is 0 Å². The monoisotopic (exact) mass is 184 g/mol. The van der Waals surface area contributed by atoms with Crippen molar-refractivity contribution in [1.82, 2.24) is 0 Å². The standard InChI is InChI=1S/C9H12O2S/c1-3-8(11)7-4-5-12-9(7)6(2)10/h4-5,8,11H,3H2,1-2H3. The molecule has 1 N–H and O–H groups in total. The number of hydrogen-bond donors (Lipinski definition) is 1. The maximum atomic E-state index is 11.0. The quantitative estimate of drug-likeness (QED) is 0.732. The molecule has 0 amide bonds. The highest BCUT2D eigenvalue weighted by molar-refractivity contribution is 7.12. The minimum Gasteiger partial charge on any atom is -0.388 e. The molecule has 0 radical (unpaired) electrons. The van der Waals surface area contributed by atoms with E-state index in [9.17, 15) is 9.90 Å². The molecular formula is C9H12O2S. The summed E-state index contributed by atoms with van der Waals surface area (Å²) < 4.78 is 0. The molecule has 0 aromatic carbocycles. The maximum absolute atomic E-state index is 11.0. The summed E-state index contributed by atoms with van der Waals surface area (Å²) in [4.78, 5) is 11.7. The van der Waals surface area contributed by atoms with Crippen LogP contribution in [0.3, 0.4) is 0 Å². The number of Topliss-reactive ketones (excluding diaryl/α,β-unsaturated/α-hetero) is 1. The van der Waals surface area contributed by atoms with Crippen LogP contribution in [0.1, 0.15) is 41.6 Å². The van der Waals surface area contributed by atoms with E-state index in [1.165, 1.54) is 18.3 Å². The minimum absolute atomic E-state index is 0.0347. The number of rotatable bonds is 3. The number of thiophene rings is 1. The van der Waals surface area contributed by atoms with Gasteiger partial charge in [-0.15, -0.1) is 11.3 Å². The van der Waals surface area contributed by atoms with E-state index >= 15 is 0 Å². The molecule has 0 aliphatic carbocycles. The van der Waals surface area contributed by atoms with Crippen LogP contribution < -0.4 is 0 Å². The van der Waals surface area contributed by atoms with Gasteiger partial charge in [0.2, 0.25) is 0 Å². The topological polar surface area (TPSA) is 37.3 Å². The van der Waals surface area contributed by atoms with Crippen molar-refractivity contribution < 1.29 is 9.90 Å². The van der Waals surface area contributed by atoms with Gasteiger partial charge >= 0.3 is 0 Å². The van der Waals surface area contributed by atoms with E-state index in [4.69, 9.17) is 0 Å². The van der Waals surface area contributed by atoms with Gasteiger partial charge in [-0.2, -0.15) is 0 Å². The van der Waals surface area contributed by atoms with E-state index in [0.717, 1.165) is 5.56 Å². The van der Waals surface area contributed by atoms with Crippen LogP contribution in [0.5, 0.6) is 0 Å². The highest BCUT2D eigenvalue weighted by Crippen LogP contribution is 2.25. The third-order valence-electron chi connectivity index (χ3n) is 1.76. The SMILES string of the molecule is CCC(O)c1ccsc1C(C)=O. The molecule has 2 nitrogen and oxygen atoms in total. The number of hydrogen-bond acceptors (Lipinski definition) is 3. The van der Waals surface area contributed by atoms with E-state index in [1.807, 2.05) is 18.4 Å². The molecule has 1 atom stereocenters. The molecule has 0 aliphatic heterocycles. The summed E-state index contributed by atoms with van der Waals surface area (Å²) in [7, 11) is 0. The van der Waals surface area contributed by atoms with Gasteiger partial charge in [0, 0.05) is 5.56 Å². The number of aliphatic hydroxyl groups excluding tert-OH is 1. The molecule has 0 aliphatic rings. The van der Waals surface area contributed by atoms with Gasteiger partial charge in [0.05, 0.1) is 11.0 Å². The number of aliphatic hydroxyl groups is 1. The van der Waals surface area contributed by atoms with Gasteiger partial charge in [-0.05, 0) is 24.8 Å². The van der Waals surface area contributed by atoms with Crippen molar-refractivity contribution in [2.24, 2.45) is 0 Å². The first kappa shape index (κ1) is 9.42. The zero-order chi connectivity index (χ0) is 9.14. The Hall–Kier alpha value is -0.670. The summed E-state index contributed by atoms with van der Waals surface area (Å²) in [6, 6.07) is 1.82. The molecule has 3 heteroatoms. The lowest BCUT2D eigenvalue weighted by atomic mass is 10.1. The molecule has 1 unspecified atom stereocenters. The second-order valence-electron chi connectivity index (χ2n) is 2.69. The van der Waals surface area contributed by atoms with Crippen molar-refractivity contribution in [3.8, 4) is 0 Å². The maximum Gasteiger partial charge on any atom is 0.170 e. The van der Waals surface area contributed by atoms with Gasteiger partial charge in [-0.1, -0.05) is 6.92 Å². The summed E-state index contributed by atoms with van der Waals surface area (Å²) in [5, 5.41) is 11.3. The van der Waals surface area contributed by atoms with Gasteiger partial charge in [-0.25, -0.2) is 0 Å². The van der Waals surface area contributed by atoms with Crippen LogP contribution >= 0.6 is 11.3 Å². The first-order chi connectivity index (χ1) is 5.66. The van der Waals surface area contributed by atoms with E-state index in [-0.39, 0.29) is 5.78 Å². The lowest BCUT2D eigenvalue weighted by molar-refractivity contribution is 0.101. The third kappa shape index (κ3) is 1.73. The van der Waals surface area contributed by atoms with Crippen molar-refractivity contribution in [2.45, 2.75) is 26.4 Å². The number of carbonyl (C=O) groups is 1. The molecule has 0 bridgehead atoms. The van der Waals surface area contributed by atoms with Crippen LogP contribution in [-0.2, 0) is 0 Å². The van der Waals surface area contributed by atoms with Crippen LogP contribution in [-0.4, -0.2) is 10.9 Å². The van der Waals surface area contributed by atoms with E-state index < -0.39 is 6.10 Å². The first-order valence-electron chi connectivity index (χ1n) is 3.93. The average molecular weight is 184 g/mol. The summed E-state index contributed by atoms with van der Waals surface area (Å²) in [5.74, 6) is 0.0347. The van der Waals surface area contributed by atoms with Crippen LogP contribution in [0.15, 0.2) is 11.4 Å². The first-order valence-corrected chi connectivity index (χ1v) is 4.81. The average Bonchev–Trinajstić information content (AvgIpc) is 2.50. The fourth-order valence-corrected chi connectivity index (χ4v) is 1.94. The molecule has 0 saturated heterocycles. The normalized spacial score (nSPS) is 12.9. The Balaban J connectivity index is 2.98. The Morgan fingerprint density at radius 1 is 1.75 bits per heavy atom. The highest BCUT2D eigenvalue weighted by Gasteiger charge is 2.14. The third-order valence-corrected chi connectivity index (χ3v) is 2.79. The molecular weight excluding hydrogens is 172 g/mol. The van der Waals surface area contributed by atoms with Gasteiger partial charge in [0.1, 0.15) is 0 Å². The van der Waals surface area contributed by atoms with Crippen molar-refractivity contribution in [3.05, 3.63) is 21.9 Å². The summed E-state index contributed by atoms with van der Waals surface area (Å²) in [6.45, 7) is 3.42. The van der Waals surface area contributed by atoms with Crippen molar-refractivity contribution in [3.63, 3.8) is 0 Å². The van der Waals surface area contributed by atoms with Crippen molar-refractivity contribution in [1.29, 1.82) is 0 Å². The van der Waals surface area contributed by atoms with E-state index in [2.05, 4.69) is 0 Å². The van der Waals surface area contributed by atoms with Crippen LogP contribution in [0.2, 0.25) is 0 Å². The molecule has 1 aromatic rings. The molecule has 1 aromatic heterocycles. The number of ketones is 1. The molecule has 1 rings (SSSR count). The Morgan fingerprint density at radius 3 is 2.92 bits per heavy atom. The second kappa shape index (κ2) is 3.83. The Bertz CT molecular complexity index is 278. The lowest BCUT2D eigenvalue weighted by Crippen LogP contribution is -2.00. The molecule has 12 heavy (non-hydrogen) atoms. The van der Waals surface area contributed by atoms with E-state index in [1.54, 1.807) is 0 Å². The predicted octanol–water partition coefficient (Wildman–Crippen LogP) is 2.39.